The van der Waals surface area contributed by atoms with Gasteiger partial charge in [0, 0.05) is 11.8 Å². The molecule has 0 heterocycles. The van der Waals surface area contributed by atoms with Gasteiger partial charge in [-0.05, 0) is 40.3 Å². The van der Waals surface area contributed by atoms with Crippen molar-refractivity contribution in [2.75, 3.05) is 0 Å². The van der Waals surface area contributed by atoms with E-state index in [9.17, 15) is 5.11 Å². The minimum absolute atomic E-state index is 0.106. The van der Waals surface area contributed by atoms with Crippen LogP contribution in [-0.2, 0) is 5.41 Å². The molecule has 0 amide bonds. The molecule has 2 nitrogen and oxygen atoms in total. The number of phenols is 1. The van der Waals surface area contributed by atoms with Gasteiger partial charge in [-0.15, -0.1) is 0 Å². The van der Waals surface area contributed by atoms with Crippen LogP contribution in [0.4, 0.5) is 5.69 Å². The summed E-state index contributed by atoms with van der Waals surface area (Å²) in [5.74, 6) is 0.305. The summed E-state index contributed by atoms with van der Waals surface area (Å²) in [4.78, 5) is 4.51. The van der Waals surface area contributed by atoms with E-state index in [1.54, 1.807) is 6.21 Å². The van der Waals surface area contributed by atoms with Crippen LogP contribution in [0.1, 0.15) is 31.9 Å². The quantitative estimate of drug-likeness (QED) is 0.578. The molecular weight excluding hydrogens is 306 g/mol. The summed E-state index contributed by atoms with van der Waals surface area (Å²) in [6.45, 7) is 6.27. The number of benzene rings is 3. The topological polar surface area (TPSA) is 32.6 Å². The van der Waals surface area contributed by atoms with Gasteiger partial charge in [0.05, 0.1) is 5.69 Å². The Balaban J connectivity index is 1.83. The van der Waals surface area contributed by atoms with Crippen molar-refractivity contribution >= 4 is 11.9 Å². The average Bonchev–Trinajstić information content (AvgIpc) is 2.61. The minimum Gasteiger partial charge on any atom is -0.507 e. The first-order valence-corrected chi connectivity index (χ1v) is 8.47. The Bertz CT molecular complexity index is 872. The highest BCUT2D eigenvalue weighted by molar-refractivity contribution is 5.86. The Morgan fingerprint density at radius 3 is 2.04 bits per heavy atom. The number of aromatic hydroxyl groups is 1. The Kier molecular flexibility index (Phi) is 4.71. The third kappa shape index (κ3) is 3.97. The molecular formula is C23H23NO. The normalized spacial score (nSPS) is 11.8. The van der Waals surface area contributed by atoms with Crippen LogP contribution in [0.15, 0.2) is 77.8 Å². The molecule has 0 aliphatic rings. The molecule has 0 aliphatic carbocycles. The molecule has 0 radical (unpaired) electrons. The molecule has 0 unspecified atom stereocenters. The molecule has 3 aromatic carbocycles. The summed E-state index contributed by atoms with van der Waals surface area (Å²) >= 11 is 0. The molecule has 3 aromatic rings. The van der Waals surface area contributed by atoms with E-state index in [2.05, 4.69) is 50.0 Å². The number of rotatable bonds is 3. The van der Waals surface area contributed by atoms with Crippen molar-refractivity contribution in [3.8, 4) is 16.9 Å². The van der Waals surface area contributed by atoms with Crippen molar-refractivity contribution in [3.05, 3.63) is 83.9 Å². The maximum atomic E-state index is 10.5. The lowest BCUT2D eigenvalue weighted by Gasteiger charge is -2.21. The first kappa shape index (κ1) is 17.0. The van der Waals surface area contributed by atoms with Crippen LogP contribution < -0.4 is 0 Å². The molecule has 126 valence electrons. The van der Waals surface area contributed by atoms with Gasteiger partial charge in [-0.1, -0.05) is 75.4 Å². The number of hydrogen-bond donors (Lipinski definition) is 1. The van der Waals surface area contributed by atoms with E-state index in [-0.39, 0.29) is 5.41 Å². The van der Waals surface area contributed by atoms with E-state index < -0.39 is 0 Å². The van der Waals surface area contributed by atoms with Crippen molar-refractivity contribution in [2.24, 2.45) is 4.99 Å². The molecule has 2 heteroatoms. The third-order valence-electron chi connectivity index (χ3n) is 4.20. The zero-order valence-corrected chi connectivity index (χ0v) is 14.9. The van der Waals surface area contributed by atoms with Crippen LogP contribution in [-0.4, -0.2) is 11.3 Å². The van der Waals surface area contributed by atoms with Gasteiger partial charge in [0.2, 0.25) is 0 Å². The SMILES string of the molecule is CC(C)(C)c1cccc(C=Nc2ccc(-c3ccccc3)cc2)c1O. The highest BCUT2D eigenvalue weighted by Gasteiger charge is 2.19. The van der Waals surface area contributed by atoms with Crippen molar-refractivity contribution < 1.29 is 5.11 Å². The smallest absolute Gasteiger partial charge is 0.128 e. The fraction of sp³-hybridized carbons (Fsp3) is 0.174. The maximum Gasteiger partial charge on any atom is 0.128 e. The van der Waals surface area contributed by atoms with E-state index in [4.69, 9.17) is 0 Å². The first-order chi connectivity index (χ1) is 11.9. The van der Waals surface area contributed by atoms with Crippen LogP contribution in [0.3, 0.4) is 0 Å². The predicted octanol–water partition coefficient (Wildman–Crippen LogP) is 6.11. The summed E-state index contributed by atoms with van der Waals surface area (Å²) < 4.78 is 0. The number of para-hydroxylation sites is 1. The second-order valence-corrected chi connectivity index (χ2v) is 7.16. The lowest BCUT2D eigenvalue weighted by molar-refractivity contribution is 0.446. The van der Waals surface area contributed by atoms with Crippen LogP contribution in [0.25, 0.3) is 11.1 Å². The van der Waals surface area contributed by atoms with Crippen LogP contribution in [0.2, 0.25) is 0 Å². The first-order valence-electron chi connectivity index (χ1n) is 8.47. The average molecular weight is 329 g/mol. The van der Waals surface area contributed by atoms with Gasteiger partial charge in [0.1, 0.15) is 5.75 Å². The largest absolute Gasteiger partial charge is 0.507 e. The van der Waals surface area contributed by atoms with Crippen molar-refractivity contribution in [1.82, 2.24) is 0 Å². The summed E-state index contributed by atoms with van der Waals surface area (Å²) in [7, 11) is 0. The molecule has 0 saturated carbocycles. The van der Waals surface area contributed by atoms with Gasteiger partial charge in [-0.3, -0.25) is 4.99 Å². The maximum absolute atomic E-state index is 10.5. The molecule has 1 N–H and O–H groups in total. The predicted molar refractivity (Wildman–Crippen MR) is 106 cm³/mol. The highest BCUT2D eigenvalue weighted by atomic mass is 16.3. The molecule has 25 heavy (non-hydrogen) atoms. The summed E-state index contributed by atoms with van der Waals surface area (Å²) in [6.07, 6.45) is 1.72. The summed E-state index contributed by atoms with van der Waals surface area (Å²) in [6, 6.07) is 24.2. The van der Waals surface area contributed by atoms with Crippen LogP contribution in [0, 0.1) is 0 Å². The molecule has 0 spiro atoms. The van der Waals surface area contributed by atoms with Crippen LogP contribution >= 0.6 is 0 Å². The van der Waals surface area contributed by atoms with Gasteiger partial charge in [0.15, 0.2) is 0 Å². The Morgan fingerprint density at radius 1 is 0.760 bits per heavy atom. The lowest BCUT2D eigenvalue weighted by Crippen LogP contribution is -2.11. The van der Waals surface area contributed by atoms with E-state index >= 15 is 0 Å². The molecule has 0 bridgehead atoms. The molecule has 0 fully saturated rings. The molecule has 0 aromatic heterocycles. The number of aliphatic imine (C=N–C) groups is 1. The van der Waals surface area contributed by atoms with E-state index in [1.165, 1.54) is 5.56 Å². The standard InChI is InChI=1S/C23H23NO/c1-23(2,3)21-11-7-10-19(22(21)25)16-24-20-14-12-18(13-15-20)17-8-5-4-6-9-17/h4-16,25H,1-3H3. The van der Waals surface area contributed by atoms with Gasteiger partial charge in [-0.2, -0.15) is 0 Å². The van der Waals surface area contributed by atoms with Crippen molar-refractivity contribution in [2.45, 2.75) is 26.2 Å². The van der Waals surface area contributed by atoms with Gasteiger partial charge in [-0.25, -0.2) is 0 Å². The minimum atomic E-state index is -0.106. The molecule has 0 atom stereocenters. The van der Waals surface area contributed by atoms with Crippen LogP contribution in [0.5, 0.6) is 5.75 Å². The fourth-order valence-corrected chi connectivity index (χ4v) is 2.79. The van der Waals surface area contributed by atoms with Gasteiger partial charge < -0.3 is 5.11 Å². The fourth-order valence-electron chi connectivity index (χ4n) is 2.79. The zero-order valence-electron chi connectivity index (χ0n) is 14.9. The van der Waals surface area contributed by atoms with E-state index in [1.807, 2.05) is 48.5 Å². The van der Waals surface area contributed by atoms with Crippen molar-refractivity contribution in [1.29, 1.82) is 0 Å². The molecule has 3 rings (SSSR count). The molecule has 0 saturated heterocycles. The monoisotopic (exact) mass is 329 g/mol. The second-order valence-electron chi connectivity index (χ2n) is 7.16. The Morgan fingerprint density at radius 2 is 1.40 bits per heavy atom. The number of nitrogens with zero attached hydrogens (tertiary/aromatic N) is 1. The number of phenolic OH excluding ortho intramolecular Hbond substituents is 1. The van der Waals surface area contributed by atoms with Gasteiger partial charge >= 0.3 is 0 Å². The second kappa shape index (κ2) is 6.94. The zero-order chi connectivity index (χ0) is 17.9. The van der Waals surface area contributed by atoms with Crippen molar-refractivity contribution in [3.63, 3.8) is 0 Å². The Hall–Kier alpha value is -2.87. The number of hydrogen-bond acceptors (Lipinski definition) is 2. The van der Waals surface area contributed by atoms with E-state index in [0.717, 1.165) is 22.4 Å². The van der Waals surface area contributed by atoms with Gasteiger partial charge in [0.25, 0.3) is 0 Å². The third-order valence-corrected chi connectivity index (χ3v) is 4.20. The molecule has 0 aliphatic heterocycles. The van der Waals surface area contributed by atoms with E-state index in [0.29, 0.717) is 5.75 Å². The summed E-state index contributed by atoms with van der Waals surface area (Å²) in [5, 5.41) is 10.5. The lowest BCUT2D eigenvalue weighted by atomic mass is 9.85. The highest BCUT2D eigenvalue weighted by Crippen LogP contribution is 2.32. The Labute approximate surface area is 149 Å². The summed E-state index contributed by atoms with van der Waals surface area (Å²) in [5.41, 5.74) is 4.77.